The third-order valence-electron chi connectivity index (χ3n) is 4.80. The van der Waals surface area contributed by atoms with Crippen LogP contribution < -0.4 is 5.32 Å². The zero-order chi connectivity index (χ0) is 20.2. The van der Waals surface area contributed by atoms with Crippen LogP contribution >= 0.6 is 11.6 Å². The Morgan fingerprint density at radius 2 is 1.93 bits per heavy atom. The molecule has 0 aromatic heterocycles. The van der Waals surface area contributed by atoms with Gasteiger partial charge in [-0.3, -0.25) is 9.59 Å². The smallest absolute Gasteiger partial charge is 0.256 e. The van der Waals surface area contributed by atoms with Gasteiger partial charge >= 0.3 is 0 Å². The van der Waals surface area contributed by atoms with E-state index in [1.54, 1.807) is 4.90 Å². The van der Waals surface area contributed by atoms with Gasteiger partial charge in [0.25, 0.3) is 5.91 Å². The first-order chi connectivity index (χ1) is 12.6. The standard InChI is InChI=1S/C20H29ClFN3O2/c1-20(2,13-24(3)4)12-23-18(26)14-7-9-25(10-8-14)19(27)16-11-15(21)5-6-17(16)22/h5-6,11,14H,7-10,12-13H2,1-4H3,(H,23,26). The Bertz CT molecular complexity index is 686. The SMILES string of the molecule is CN(C)CC(C)(C)CNC(=O)C1CCN(C(=O)c2cc(Cl)ccc2F)CC1. The molecule has 1 N–H and O–H groups in total. The van der Waals surface area contributed by atoms with Crippen LogP contribution in [-0.4, -0.2) is 61.9 Å². The predicted octanol–water partition coefficient (Wildman–Crippen LogP) is 3.04. The lowest BCUT2D eigenvalue weighted by Gasteiger charge is -2.33. The summed E-state index contributed by atoms with van der Waals surface area (Å²) in [6.45, 7) is 6.60. The molecular weight excluding hydrogens is 369 g/mol. The molecule has 27 heavy (non-hydrogen) atoms. The molecule has 1 aromatic rings. The zero-order valence-electron chi connectivity index (χ0n) is 16.5. The third kappa shape index (κ3) is 6.18. The van der Waals surface area contributed by atoms with E-state index in [-0.39, 0.29) is 28.7 Å². The van der Waals surface area contributed by atoms with Crippen LogP contribution in [0.2, 0.25) is 5.02 Å². The molecule has 1 aliphatic rings. The van der Waals surface area contributed by atoms with Gasteiger partial charge in [-0.1, -0.05) is 25.4 Å². The van der Waals surface area contributed by atoms with Crippen LogP contribution in [0.4, 0.5) is 4.39 Å². The van der Waals surface area contributed by atoms with Crippen LogP contribution in [0.15, 0.2) is 18.2 Å². The molecule has 150 valence electrons. The lowest BCUT2D eigenvalue weighted by atomic mass is 9.91. The Hall–Kier alpha value is -1.66. The fourth-order valence-corrected chi connectivity index (χ4v) is 3.73. The molecule has 0 bridgehead atoms. The molecule has 0 saturated carbocycles. The maximum Gasteiger partial charge on any atom is 0.256 e. The summed E-state index contributed by atoms with van der Waals surface area (Å²) in [5.41, 5.74) is -0.0317. The number of piperidine rings is 1. The monoisotopic (exact) mass is 397 g/mol. The van der Waals surface area contributed by atoms with E-state index in [0.29, 0.717) is 37.5 Å². The van der Waals surface area contributed by atoms with Gasteiger partial charge in [0.2, 0.25) is 5.91 Å². The van der Waals surface area contributed by atoms with Gasteiger partial charge in [-0.15, -0.1) is 0 Å². The Balaban J connectivity index is 1.86. The molecule has 7 heteroatoms. The molecule has 0 aliphatic carbocycles. The topological polar surface area (TPSA) is 52.7 Å². The van der Waals surface area contributed by atoms with E-state index in [2.05, 4.69) is 24.1 Å². The van der Waals surface area contributed by atoms with Crippen molar-refractivity contribution in [2.75, 3.05) is 40.3 Å². The van der Waals surface area contributed by atoms with Gasteiger partial charge in [0.15, 0.2) is 0 Å². The lowest BCUT2D eigenvalue weighted by molar-refractivity contribution is -0.126. The summed E-state index contributed by atoms with van der Waals surface area (Å²) in [6.07, 6.45) is 1.15. The van der Waals surface area contributed by atoms with Crippen LogP contribution in [0.1, 0.15) is 37.0 Å². The number of rotatable bonds is 6. The van der Waals surface area contributed by atoms with Crippen molar-refractivity contribution in [2.24, 2.45) is 11.3 Å². The molecule has 2 rings (SSSR count). The highest BCUT2D eigenvalue weighted by molar-refractivity contribution is 6.31. The summed E-state index contributed by atoms with van der Waals surface area (Å²) in [4.78, 5) is 28.7. The second-order valence-corrected chi connectivity index (χ2v) is 8.75. The zero-order valence-corrected chi connectivity index (χ0v) is 17.3. The summed E-state index contributed by atoms with van der Waals surface area (Å²) < 4.78 is 13.9. The van der Waals surface area contributed by atoms with E-state index >= 15 is 0 Å². The molecule has 0 spiro atoms. The van der Waals surface area contributed by atoms with E-state index in [1.807, 2.05) is 14.1 Å². The average Bonchev–Trinajstić information content (AvgIpc) is 2.60. The molecule has 2 amide bonds. The van der Waals surface area contributed by atoms with Gasteiger partial charge in [-0.2, -0.15) is 0 Å². The first kappa shape index (κ1) is 21.6. The number of hydrogen-bond acceptors (Lipinski definition) is 3. The van der Waals surface area contributed by atoms with Gasteiger partial charge in [-0.25, -0.2) is 4.39 Å². The summed E-state index contributed by atoms with van der Waals surface area (Å²) in [6, 6.07) is 3.97. The Morgan fingerprint density at radius 1 is 1.30 bits per heavy atom. The normalized spacial score (nSPS) is 15.9. The molecule has 0 atom stereocenters. The number of hydrogen-bond donors (Lipinski definition) is 1. The van der Waals surface area contributed by atoms with Crippen LogP contribution in [0.5, 0.6) is 0 Å². The fourth-order valence-electron chi connectivity index (χ4n) is 3.56. The molecule has 1 heterocycles. The van der Waals surface area contributed by atoms with Crippen molar-refractivity contribution in [3.05, 3.63) is 34.6 Å². The number of carbonyl (C=O) groups excluding carboxylic acids is 2. The van der Waals surface area contributed by atoms with Crippen LogP contribution in [0.25, 0.3) is 0 Å². The number of likely N-dealkylation sites (tertiary alicyclic amines) is 1. The first-order valence-electron chi connectivity index (χ1n) is 9.26. The number of amides is 2. The summed E-state index contributed by atoms with van der Waals surface area (Å²) in [5.74, 6) is -1.04. The molecule has 1 aromatic carbocycles. The fraction of sp³-hybridized carbons (Fsp3) is 0.600. The minimum Gasteiger partial charge on any atom is -0.355 e. The summed E-state index contributed by atoms with van der Waals surface area (Å²) in [5, 5.41) is 3.37. The Labute approximate surface area is 165 Å². The number of nitrogens with one attached hydrogen (secondary N) is 1. The maximum absolute atomic E-state index is 13.9. The predicted molar refractivity (Wildman–Crippen MR) is 105 cm³/mol. The van der Waals surface area contributed by atoms with E-state index in [4.69, 9.17) is 11.6 Å². The Morgan fingerprint density at radius 3 is 2.52 bits per heavy atom. The van der Waals surface area contributed by atoms with E-state index in [9.17, 15) is 14.0 Å². The highest BCUT2D eigenvalue weighted by Crippen LogP contribution is 2.22. The number of halogens is 2. The molecule has 1 aliphatic heterocycles. The molecule has 0 unspecified atom stereocenters. The maximum atomic E-state index is 13.9. The van der Waals surface area contributed by atoms with E-state index < -0.39 is 5.82 Å². The molecule has 0 radical (unpaired) electrons. The van der Waals surface area contributed by atoms with Crippen molar-refractivity contribution in [2.45, 2.75) is 26.7 Å². The van der Waals surface area contributed by atoms with Gasteiger partial charge in [0.05, 0.1) is 5.56 Å². The third-order valence-corrected chi connectivity index (χ3v) is 5.03. The van der Waals surface area contributed by atoms with Gasteiger partial charge < -0.3 is 15.1 Å². The number of nitrogens with zero attached hydrogens (tertiary/aromatic N) is 2. The van der Waals surface area contributed by atoms with Gasteiger partial charge in [0, 0.05) is 37.1 Å². The minimum atomic E-state index is -0.576. The van der Waals surface area contributed by atoms with Crippen LogP contribution in [0.3, 0.4) is 0 Å². The number of carbonyl (C=O) groups is 2. The van der Waals surface area contributed by atoms with Crippen molar-refractivity contribution in [1.29, 1.82) is 0 Å². The van der Waals surface area contributed by atoms with Crippen molar-refractivity contribution in [3.63, 3.8) is 0 Å². The number of benzene rings is 1. The molecule has 1 fully saturated rings. The van der Waals surface area contributed by atoms with Crippen molar-refractivity contribution < 1.29 is 14.0 Å². The second kappa shape index (κ2) is 9.02. The molecule has 1 saturated heterocycles. The summed E-state index contributed by atoms with van der Waals surface area (Å²) in [7, 11) is 4.03. The highest BCUT2D eigenvalue weighted by Gasteiger charge is 2.30. The van der Waals surface area contributed by atoms with Gasteiger partial charge in [-0.05, 0) is 50.6 Å². The molecule has 5 nitrogen and oxygen atoms in total. The first-order valence-corrected chi connectivity index (χ1v) is 9.63. The Kier molecular flexibility index (Phi) is 7.23. The molecular formula is C20H29ClFN3O2. The van der Waals surface area contributed by atoms with E-state index in [1.165, 1.54) is 18.2 Å². The largest absolute Gasteiger partial charge is 0.355 e. The van der Waals surface area contributed by atoms with Crippen LogP contribution in [0, 0.1) is 17.2 Å². The quantitative estimate of drug-likeness (QED) is 0.802. The van der Waals surface area contributed by atoms with Gasteiger partial charge in [0.1, 0.15) is 5.82 Å². The summed E-state index contributed by atoms with van der Waals surface area (Å²) >= 11 is 5.87. The van der Waals surface area contributed by atoms with Crippen molar-refractivity contribution >= 4 is 23.4 Å². The minimum absolute atomic E-state index is 0.0140. The highest BCUT2D eigenvalue weighted by atomic mass is 35.5. The van der Waals surface area contributed by atoms with Crippen molar-refractivity contribution in [1.82, 2.24) is 15.1 Å². The second-order valence-electron chi connectivity index (χ2n) is 8.31. The lowest BCUT2D eigenvalue weighted by Crippen LogP contribution is -2.46. The van der Waals surface area contributed by atoms with Crippen molar-refractivity contribution in [3.8, 4) is 0 Å². The average molecular weight is 398 g/mol. The van der Waals surface area contributed by atoms with E-state index in [0.717, 1.165) is 6.54 Å². The van der Waals surface area contributed by atoms with Crippen LogP contribution in [-0.2, 0) is 4.79 Å².